The topological polar surface area (TPSA) is 46.3 Å². The third kappa shape index (κ3) is 2.97. The molecule has 2 aromatic carbocycles. The predicted molar refractivity (Wildman–Crippen MR) is 91.8 cm³/mol. The van der Waals surface area contributed by atoms with Gasteiger partial charge in [0.15, 0.2) is 17.4 Å². The lowest BCUT2D eigenvalue weighted by Gasteiger charge is -2.26. The summed E-state index contributed by atoms with van der Waals surface area (Å²) in [5, 5.41) is 4.71. The van der Waals surface area contributed by atoms with E-state index < -0.39 is 11.6 Å². The zero-order chi connectivity index (χ0) is 18.3. The average molecular weight is 375 g/mol. The van der Waals surface area contributed by atoms with Crippen LogP contribution in [0.2, 0.25) is 5.02 Å². The van der Waals surface area contributed by atoms with Crippen LogP contribution in [0.3, 0.4) is 0 Å². The van der Waals surface area contributed by atoms with Gasteiger partial charge >= 0.3 is 0 Å². The molecule has 0 spiro atoms. The number of rotatable bonds is 2. The summed E-state index contributed by atoms with van der Waals surface area (Å²) in [4.78, 5) is 14.1. The highest BCUT2D eigenvalue weighted by Crippen LogP contribution is 2.31. The largest absolute Gasteiger partial charge is 0.356 e. The molecule has 4 rings (SSSR count). The molecule has 0 aliphatic carbocycles. The molecule has 0 bridgehead atoms. The first-order chi connectivity index (χ1) is 12.5. The lowest BCUT2D eigenvalue weighted by molar-refractivity contribution is 0.0731. The maximum Gasteiger partial charge on any atom is 0.254 e. The van der Waals surface area contributed by atoms with Crippen molar-refractivity contribution in [3.8, 4) is 11.3 Å². The van der Waals surface area contributed by atoms with E-state index in [0.717, 1.165) is 23.3 Å². The van der Waals surface area contributed by atoms with Crippen molar-refractivity contribution in [3.63, 3.8) is 0 Å². The Kier molecular flexibility index (Phi) is 4.20. The lowest BCUT2D eigenvalue weighted by atomic mass is 10.00. The summed E-state index contributed by atoms with van der Waals surface area (Å²) in [6.07, 6.45) is 0.562. The van der Waals surface area contributed by atoms with E-state index in [1.54, 1.807) is 17.0 Å². The minimum absolute atomic E-state index is 0.105. The summed E-state index contributed by atoms with van der Waals surface area (Å²) >= 11 is 5.91. The second kappa shape index (κ2) is 6.53. The van der Waals surface area contributed by atoms with E-state index in [2.05, 4.69) is 5.16 Å². The molecule has 0 fully saturated rings. The third-order valence-electron chi connectivity index (χ3n) is 4.40. The molecule has 1 amide bonds. The molecule has 7 heteroatoms. The molecular weight excluding hydrogens is 362 g/mol. The van der Waals surface area contributed by atoms with Crippen molar-refractivity contribution in [1.29, 1.82) is 0 Å². The first kappa shape index (κ1) is 16.7. The molecule has 1 aliphatic rings. The van der Waals surface area contributed by atoms with Crippen molar-refractivity contribution in [3.05, 3.63) is 75.9 Å². The van der Waals surface area contributed by atoms with Gasteiger partial charge in [-0.1, -0.05) is 16.8 Å². The monoisotopic (exact) mass is 374 g/mol. The van der Waals surface area contributed by atoms with Gasteiger partial charge in [0.05, 0.1) is 6.54 Å². The van der Waals surface area contributed by atoms with Gasteiger partial charge in [-0.2, -0.15) is 0 Å². The van der Waals surface area contributed by atoms with Crippen molar-refractivity contribution in [2.24, 2.45) is 0 Å². The quantitative estimate of drug-likeness (QED) is 0.664. The van der Waals surface area contributed by atoms with Crippen LogP contribution in [0.15, 0.2) is 47.0 Å². The fraction of sp³-hybridized carbons (Fsp3) is 0.158. The second-order valence-corrected chi connectivity index (χ2v) is 6.49. The van der Waals surface area contributed by atoms with Gasteiger partial charge in [0.2, 0.25) is 0 Å². The molecule has 2 heterocycles. The molecule has 0 N–H and O–H groups in total. The molecule has 26 heavy (non-hydrogen) atoms. The van der Waals surface area contributed by atoms with Crippen LogP contribution in [0.4, 0.5) is 8.78 Å². The number of nitrogens with zero attached hydrogens (tertiary/aromatic N) is 2. The fourth-order valence-corrected chi connectivity index (χ4v) is 3.17. The van der Waals surface area contributed by atoms with Crippen LogP contribution in [0.25, 0.3) is 11.3 Å². The minimum atomic E-state index is -1.04. The Hall–Kier alpha value is -2.73. The summed E-state index contributed by atoms with van der Waals surface area (Å²) in [5.74, 6) is -1.73. The summed E-state index contributed by atoms with van der Waals surface area (Å²) in [7, 11) is 0. The van der Waals surface area contributed by atoms with E-state index >= 15 is 0 Å². The Labute approximate surface area is 153 Å². The van der Waals surface area contributed by atoms with Crippen LogP contribution >= 0.6 is 11.6 Å². The van der Waals surface area contributed by atoms with Gasteiger partial charge in [-0.3, -0.25) is 4.79 Å². The molecular formula is C19H13ClF2N2O2. The van der Waals surface area contributed by atoms with Crippen molar-refractivity contribution in [2.45, 2.75) is 13.0 Å². The van der Waals surface area contributed by atoms with Crippen LogP contribution in [-0.4, -0.2) is 22.5 Å². The molecule has 4 nitrogen and oxygen atoms in total. The first-order valence-corrected chi connectivity index (χ1v) is 8.38. The third-order valence-corrected chi connectivity index (χ3v) is 4.65. The maximum atomic E-state index is 13.4. The van der Waals surface area contributed by atoms with Crippen molar-refractivity contribution in [2.75, 3.05) is 6.54 Å². The number of fused-ring (bicyclic) bond motifs is 1. The van der Waals surface area contributed by atoms with E-state index in [1.807, 2.05) is 12.1 Å². The van der Waals surface area contributed by atoms with Crippen molar-refractivity contribution < 1.29 is 18.1 Å². The number of halogens is 3. The minimum Gasteiger partial charge on any atom is -0.356 e. The molecule has 1 aliphatic heterocycles. The smallest absolute Gasteiger partial charge is 0.254 e. The highest BCUT2D eigenvalue weighted by Gasteiger charge is 2.28. The highest BCUT2D eigenvalue weighted by molar-refractivity contribution is 6.30. The van der Waals surface area contributed by atoms with Gasteiger partial charge < -0.3 is 9.42 Å². The second-order valence-electron chi connectivity index (χ2n) is 6.05. The SMILES string of the molecule is O=C(c1ccc(F)c(F)c1)N1CCc2c(noc2-c2ccc(Cl)cc2)C1. The molecule has 1 aromatic heterocycles. The maximum absolute atomic E-state index is 13.4. The van der Waals surface area contributed by atoms with Gasteiger partial charge in [0, 0.05) is 28.3 Å². The van der Waals surface area contributed by atoms with E-state index in [1.165, 1.54) is 6.07 Å². The molecule has 0 radical (unpaired) electrons. The molecule has 3 aromatic rings. The van der Waals surface area contributed by atoms with Gasteiger partial charge in [0.25, 0.3) is 5.91 Å². The van der Waals surface area contributed by atoms with Crippen LogP contribution in [0, 0.1) is 11.6 Å². The standard InChI is InChI=1S/C19H13ClF2N2O2/c20-13-4-1-11(2-5-13)18-14-7-8-24(10-17(14)23-26-18)19(25)12-3-6-15(21)16(22)9-12/h1-6,9H,7-8,10H2. The number of carbonyl (C=O) groups excluding carboxylic acids is 1. The number of aromatic nitrogens is 1. The van der Waals surface area contributed by atoms with Crippen LogP contribution < -0.4 is 0 Å². The van der Waals surface area contributed by atoms with Crippen LogP contribution in [0.1, 0.15) is 21.6 Å². The van der Waals surface area contributed by atoms with E-state index in [0.29, 0.717) is 29.4 Å². The van der Waals surface area contributed by atoms with Gasteiger partial charge in [-0.05, 0) is 48.9 Å². The Balaban J connectivity index is 1.58. The molecule has 0 saturated carbocycles. The highest BCUT2D eigenvalue weighted by atomic mass is 35.5. The van der Waals surface area contributed by atoms with Gasteiger partial charge in [-0.25, -0.2) is 8.78 Å². The number of amides is 1. The van der Waals surface area contributed by atoms with Crippen LogP contribution in [0.5, 0.6) is 0 Å². The Morgan fingerprint density at radius 2 is 1.88 bits per heavy atom. The summed E-state index contributed by atoms with van der Waals surface area (Å²) < 4.78 is 31.9. The summed E-state index contributed by atoms with van der Waals surface area (Å²) in [6, 6.07) is 10.4. The molecule has 0 saturated heterocycles. The molecule has 0 atom stereocenters. The van der Waals surface area contributed by atoms with E-state index in [-0.39, 0.29) is 18.0 Å². The van der Waals surface area contributed by atoms with E-state index in [4.69, 9.17) is 16.1 Å². The van der Waals surface area contributed by atoms with Gasteiger partial charge in [-0.15, -0.1) is 0 Å². The van der Waals surface area contributed by atoms with Crippen molar-refractivity contribution in [1.82, 2.24) is 10.1 Å². The van der Waals surface area contributed by atoms with E-state index in [9.17, 15) is 13.6 Å². The Bertz CT molecular complexity index is 986. The Morgan fingerprint density at radius 1 is 1.12 bits per heavy atom. The van der Waals surface area contributed by atoms with Crippen molar-refractivity contribution >= 4 is 17.5 Å². The fourth-order valence-electron chi connectivity index (χ4n) is 3.04. The normalized spacial score (nSPS) is 13.6. The molecule has 132 valence electrons. The van der Waals surface area contributed by atoms with Crippen LogP contribution in [-0.2, 0) is 13.0 Å². The number of hydrogen-bond donors (Lipinski definition) is 0. The predicted octanol–water partition coefficient (Wildman–Crippen LogP) is 4.47. The number of hydrogen-bond acceptors (Lipinski definition) is 3. The zero-order valence-electron chi connectivity index (χ0n) is 13.5. The lowest BCUT2D eigenvalue weighted by Crippen LogP contribution is -2.36. The summed E-state index contributed by atoms with van der Waals surface area (Å²) in [6.45, 7) is 0.691. The average Bonchev–Trinajstić information content (AvgIpc) is 3.07. The number of benzene rings is 2. The molecule has 0 unspecified atom stereocenters. The Morgan fingerprint density at radius 3 is 2.62 bits per heavy atom. The first-order valence-electron chi connectivity index (χ1n) is 8.00. The number of carbonyl (C=O) groups is 1. The zero-order valence-corrected chi connectivity index (χ0v) is 14.3. The summed E-state index contributed by atoms with van der Waals surface area (Å²) in [5.41, 5.74) is 2.58. The van der Waals surface area contributed by atoms with Gasteiger partial charge in [0.1, 0.15) is 5.69 Å².